The minimum atomic E-state index is -0.0751. The van der Waals surface area contributed by atoms with Gasteiger partial charge in [-0.05, 0) is 47.6 Å². The third-order valence-electron chi connectivity index (χ3n) is 4.89. The van der Waals surface area contributed by atoms with Crippen LogP contribution in [0.1, 0.15) is 69.6 Å². The lowest BCUT2D eigenvalue weighted by atomic mass is 9.92. The van der Waals surface area contributed by atoms with Gasteiger partial charge in [0.25, 0.3) is 0 Å². The molecule has 1 N–H and O–H groups in total. The van der Waals surface area contributed by atoms with Crippen molar-refractivity contribution in [2.24, 2.45) is 0 Å². The average Bonchev–Trinajstić information content (AvgIpc) is 2.61. The van der Waals surface area contributed by atoms with Crippen molar-refractivity contribution in [1.29, 1.82) is 0 Å². The number of rotatable bonds is 7. The summed E-state index contributed by atoms with van der Waals surface area (Å²) in [4.78, 5) is 26.5. The van der Waals surface area contributed by atoms with Crippen LogP contribution in [-0.4, -0.2) is 18.4 Å². The van der Waals surface area contributed by atoms with E-state index >= 15 is 0 Å². The maximum Gasteiger partial charge on any atom is 0.226 e. The summed E-state index contributed by atoms with van der Waals surface area (Å²) in [7, 11) is 0. The summed E-state index contributed by atoms with van der Waals surface area (Å²) in [5.41, 5.74) is 5.11. The van der Waals surface area contributed by atoms with Crippen LogP contribution in [0.3, 0.4) is 0 Å². The number of carbonyl (C=O) groups excluding carboxylic acids is 2. The number of hydrogen-bond acceptors (Lipinski definition) is 2. The second-order valence-electron chi connectivity index (χ2n) is 7.93. The fourth-order valence-electron chi connectivity index (χ4n) is 3.37. The lowest BCUT2D eigenvalue weighted by molar-refractivity contribution is -0.117. The highest BCUT2D eigenvalue weighted by Crippen LogP contribution is 2.32. The van der Waals surface area contributed by atoms with Crippen LogP contribution >= 0.6 is 0 Å². The molecule has 2 aromatic carbocycles. The molecule has 0 saturated carbocycles. The van der Waals surface area contributed by atoms with Gasteiger partial charge >= 0.3 is 0 Å². The Balaban J connectivity index is 2.17. The van der Waals surface area contributed by atoms with Crippen LogP contribution in [0.4, 0.5) is 11.4 Å². The predicted octanol–water partition coefficient (Wildman–Crippen LogP) is 5.62. The summed E-state index contributed by atoms with van der Waals surface area (Å²) >= 11 is 0. The van der Waals surface area contributed by atoms with E-state index in [1.54, 1.807) is 4.90 Å². The maximum atomic E-state index is 12.7. The Bertz CT molecular complexity index is 814. The summed E-state index contributed by atoms with van der Waals surface area (Å²) < 4.78 is 0. The first kappa shape index (κ1) is 21.7. The molecule has 0 aliphatic heterocycles. The first-order chi connectivity index (χ1) is 13.2. The number of amides is 2. The Morgan fingerprint density at radius 2 is 1.54 bits per heavy atom. The number of nitrogens with one attached hydrogen (secondary N) is 1. The van der Waals surface area contributed by atoms with E-state index in [1.165, 1.54) is 6.92 Å². The van der Waals surface area contributed by atoms with Gasteiger partial charge in [0.2, 0.25) is 11.8 Å². The van der Waals surface area contributed by atoms with Gasteiger partial charge in [0, 0.05) is 31.3 Å². The van der Waals surface area contributed by atoms with Gasteiger partial charge in [-0.3, -0.25) is 9.59 Å². The summed E-state index contributed by atoms with van der Waals surface area (Å²) in [6.07, 6.45) is 0.248. The van der Waals surface area contributed by atoms with Crippen molar-refractivity contribution in [2.75, 3.05) is 16.8 Å². The van der Waals surface area contributed by atoms with E-state index in [0.29, 0.717) is 18.4 Å². The maximum absolute atomic E-state index is 12.7. The zero-order valence-electron chi connectivity index (χ0n) is 17.9. The molecule has 28 heavy (non-hydrogen) atoms. The molecule has 0 heterocycles. The van der Waals surface area contributed by atoms with E-state index in [-0.39, 0.29) is 18.2 Å². The third kappa shape index (κ3) is 5.44. The summed E-state index contributed by atoms with van der Waals surface area (Å²) in [5, 5.41) is 3.12. The normalized spacial score (nSPS) is 11.0. The second-order valence-corrected chi connectivity index (χ2v) is 7.93. The van der Waals surface area contributed by atoms with E-state index < -0.39 is 0 Å². The molecule has 4 nitrogen and oxygen atoms in total. The van der Waals surface area contributed by atoms with Crippen molar-refractivity contribution in [3.8, 4) is 0 Å². The molecule has 2 rings (SSSR count). The minimum Gasteiger partial charge on any atom is -0.326 e. The molecule has 150 valence electrons. The molecular formula is C24H32N2O2. The van der Waals surface area contributed by atoms with Gasteiger partial charge in [-0.2, -0.15) is 0 Å². The SMILES string of the molecule is CC(=O)N(CCC(=O)Nc1c(C(C)C)cccc1C(C)C)c1cccc(C)c1. The van der Waals surface area contributed by atoms with Crippen molar-refractivity contribution in [3.63, 3.8) is 0 Å². The zero-order valence-corrected chi connectivity index (χ0v) is 17.9. The van der Waals surface area contributed by atoms with Gasteiger partial charge < -0.3 is 10.2 Å². The summed E-state index contributed by atoms with van der Waals surface area (Å²) in [6.45, 7) is 12.4. The molecule has 0 aromatic heterocycles. The van der Waals surface area contributed by atoms with Gasteiger partial charge in [0.15, 0.2) is 0 Å². The number of carbonyl (C=O) groups is 2. The molecule has 0 atom stereocenters. The number of nitrogens with zero attached hydrogens (tertiary/aromatic N) is 1. The van der Waals surface area contributed by atoms with Gasteiger partial charge in [-0.25, -0.2) is 0 Å². The average molecular weight is 381 g/mol. The minimum absolute atomic E-state index is 0.0659. The van der Waals surface area contributed by atoms with Crippen LogP contribution in [-0.2, 0) is 9.59 Å². The lowest BCUT2D eigenvalue weighted by Crippen LogP contribution is -2.32. The first-order valence-electron chi connectivity index (χ1n) is 9.98. The molecule has 0 aliphatic rings. The molecule has 0 unspecified atom stereocenters. The molecule has 0 spiro atoms. The highest BCUT2D eigenvalue weighted by molar-refractivity contribution is 5.95. The largest absolute Gasteiger partial charge is 0.326 e. The number of anilines is 2. The standard InChI is InChI=1S/C24H32N2O2/c1-16(2)21-11-8-12-22(17(3)4)24(21)25-23(28)13-14-26(19(6)27)20-10-7-9-18(5)15-20/h7-12,15-17H,13-14H2,1-6H3,(H,25,28). The van der Waals surface area contributed by atoms with Crippen molar-refractivity contribution >= 4 is 23.2 Å². The monoisotopic (exact) mass is 380 g/mol. The molecule has 0 fully saturated rings. The fourth-order valence-corrected chi connectivity index (χ4v) is 3.37. The van der Waals surface area contributed by atoms with E-state index in [9.17, 15) is 9.59 Å². The summed E-state index contributed by atoms with van der Waals surface area (Å²) in [6, 6.07) is 14.0. The Morgan fingerprint density at radius 3 is 2.04 bits per heavy atom. The fraction of sp³-hybridized carbons (Fsp3) is 0.417. The molecule has 2 amide bonds. The van der Waals surface area contributed by atoms with E-state index in [0.717, 1.165) is 28.1 Å². The van der Waals surface area contributed by atoms with Crippen LogP contribution in [0, 0.1) is 6.92 Å². The van der Waals surface area contributed by atoms with E-state index in [2.05, 4.69) is 51.2 Å². The van der Waals surface area contributed by atoms with Crippen LogP contribution in [0.2, 0.25) is 0 Å². The van der Waals surface area contributed by atoms with Crippen molar-refractivity contribution in [1.82, 2.24) is 0 Å². The molecule has 0 saturated heterocycles. The molecule has 0 radical (unpaired) electrons. The Kier molecular flexibility index (Phi) is 7.38. The number of benzene rings is 2. The van der Waals surface area contributed by atoms with Gasteiger partial charge in [0.1, 0.15) is 0 Å². The quantitative estimate of drug-likeness (QED) is 0.677. The molecule has 0 bridgehead atoms. The van der Waals surface area contributed by atoms with Gasteiger partial charge in [0.05, 0.1) is 0 Å². The summed E-state index contributed by atoms with van der Waals surface area (Å²) in [5.74, 6) is 0.489. The smallest absolute Gasteiger partial charge is 0.226 e. The van der Waals surface area contributed by atoms with Gasteiger partial charge in [-0.15, -0.1) is 0 Å². The van der Waals surface area contributed by atoms with Crippen LogP contribution in [0.25, 0.3) is 0 Å². The Labute approximate surface area is 169 Å². The van der Waals surface area contributed by atoms with Gasteiger partial charge in [-0.1, -0.05) is 58.0 Å². The van der Waals surface area contributed by atoms with Crippen molar-refractivity contribution < 1.29 is 9.59 Å². The first-order valence-corrected chi connectivity index (χ1v) is 9.98. The lowest BCUT2D eigenvalue weighted by Gasteiger charge is -2.23. The highest BCUT2D eigenvalue weighted by atomic mass is 16.2. The predicted molar refractivity (Wildman–Crippen MR) is 117 cm³/mol. The van der Waals surface area contributed by atoms with E-state index in [1.807, 2.05) is 31.2 Å². The van der Waals surface area contributed by atoms with Crippen LogP contribution in [0.5, 0.6) is 0 Å². The van der Waals surface area contributed by atoms with Crippen molar-refractivity contribution in [2.45, 2.75) is 59.8 Å². The number of hydrogen-bond donors (Lipinski definition) is 1. The molecule has 0 aliphatic carbocycles. The molecular weight excluding hydrogens is 348 g/mol. The van der Waals surface area contributed by atoms with E-state index in [4.69, 9.17) is 0 Å². The third-order valence-corrected chi connectivity index (χ3v) is 4.89. The Morgan fingerprint density at radius 1 is 0.964 bits per heavy atom. The Hall–Kier alpha value is -2.62. The zero-order chi connectivity index (χ0) is 20.8. The van der Waals surface area contributed by atoms with Crippen LogP contribution < -0.4 is 10.2 Å². The van der Waals surface area contributed by atoms with Crippen molar-refractivity contribution in [3.05, 3.63) is 59.2 Å². The molecule has 4 heteroatoms. The topological polar surface area (TPSA) is 49.4 Å². The number of aryl methyl sites for hydroxylation is 1. The highest BCUT2D eigenvalue weighted by Gasteiger charge is 2.18. The number of para-hydroxylation sites is 1. The van der Waals surface area contributed by atoms with Crippen LogP contribution in [0.15, 0.2) is 42.5 Å². The second kappa shape index (κ2) is 9.54. The molecule has 2 aromatic rings.